The first-order valence-electron chi connectivity index (χ1n) is 10.3. The Bertz CT molecular complexity index is 1180. The van der Waals surface area contributed by atoms with Gasteiger partial charge < -0.3 is 15.4 Å². The van der Waals surface area contributed by atoms with Crippen LogP contribution in [0.15, 0.2) is 85.1 Å². The number of nitrogens with one attached hydrogen (secondary N) is 2. The number of benzene rings is 3. The van der Waals surface area contributed by atoms with Crippen molar-refractivity contribution < 1.29 is 9.13 Å². The first-order chi connectivity index (χ1) is 15.6. The number of aromatic nitrogens is 2. The molecule has 2 N–H and O–H groups in total. The number of para-hydroxylation sites is 1. The number of ether oxygens (including phenoxy) is 1. The fraction of sp³-hybridized carbons (Fsp3) is 0.120. The van der Waals surface area contributed by atoms with E-state index in [0.717, 1.165) is 33.9 Å². The van der Waals surface area contributed by atoms with Crippen molar-refractivity contribution in [2.45, 2.75) is 13.5 Å². The van der Waals surface area contributed by atoms with Crippen molar-refractivity contribution in [3.8, 4) is 22.7 Å². The fourth-order valence-corrected chi connectivity index (χ4v) is 3.44. The maximum atomic E-state index is 13.4. The Morgan fingerprint density at radius 2 is 1.72 bits per heavy atom. The summed E-state index contributed by atoms with van der Waals surface area (Å²) in [6.45, 7) is 3.04. The third-order valence-electron chi connectivity index (χ3n) is 4.79. The lowest BCUT2D eigenvalue weighted by Crippen LogP contribution is -2.27. The SMILES string of the molecule is CCOc1ccc(NC(=S)NCc2cn(-c3ccccc3)nc2-c2ccc(F)cc2)cc1. The first-order valence-corrected chi connectivity index (χ1v) is 10.7. The summed E-state index contributed by atoms with van der Waals surface area (Å²) in [5.74, 6) is 0.533. The van der Waals surface area contributed by atoms with Gasteiger partial charge in [-0.1, -0.05) is 18.2 Å². The summed E-state index contributed by atoms with van der Waals surface area (Å²) in [4.78, 5) is 0. The van der Waals surface area contributed by atoms with E-state index in [9.17, 15) is 4.39 Å². The Balaban J connectivity index is 1.50. The van der Waals surface area contributed by atoms with Crippen LogP contribution in [-0.2, 0) is 6.54 Å². The highest BCUT2D eigenvalue weighted by molar-refractivity contribution is 7.80. The largest absolute Gasteiger partial charge is 0.494 e. The summed E-state index contributed by atoms with van der Waals surface area (Å²) in [6, 6.07) is 23.8. The van der Waals surface area contributed by atoms with E-state index >= 15 is 0 Å². The molecule has 4 aromatic rings. The molecule has 0 atom stereocenters. The van der Waals surface area contributed by atoms with E-state index in [1.165, 1.54) is 12.1 Å². The molecule has 0 amide bonds. The zero-order chi connectivity index (χ0) is 22.3. The average molecular weight is 447 g/mol. The standard InChI is InChI=1S/C25H23FN4OS/c1-2-31-23-14-12-21(13-15-23)28-25(32)27-16-19-17-30(22-6-4-3-5-7-22)29-24(19)18-8-10-20(26)11-9-18/h3-15,17H,2,16H2,1H3,(H2,27,28,32). The van der Waals surface area contributed by atoms with E-state index in [1.54, 1.807) is 12.1 Å². The molecule has 0 aliphatic carbocycles. The normalized spacial score (nSPS) is 10.6. The predicted octanol–water partition coefficient (Wildman–Crippen LogP) is 5.56. The molecule has 162 valence electrons. The van der Waals surface area contributed by atoms with Crippen LogP contribution in [-0.4, -0.2) is 21.5 Å². The van der Waals surface area contributed by atoms with E-state index in [1.807, 2.05) is 72.4 Å². The van der Waals surface area contributed by atoms with Crippen molar-refractivity contribution in [1.82, 2.24) is 15.1 Å². The molecule has 3 aromatic carbocycles. The van der Waals surface area contributed by atoms with Gasteiger partial charge in [-0.05, 0) is 79.8 Å². The highest BCUT2D eigenvalue weighted by atomic mass is 32.1. The van der Waals surface area contributed by atoms with E-state index < -0.39 is 0 Å². The number of hydrogen-bond acceptors (Lipinski definition) is 3. The molecule has 7 heteroatoms. The van der Waals surface area contributed by atoms with Crippen molar-refractivity contribution in [2.75, 3.05) is 11.9 Å². The van der Waals surface area contributed by atoms with E-state index in [2.05, 4.69) is 10.6 Å². The van der Waals surface area contributed by atoms with Gasteiger partial charge in [0.1, 0.15) is 11.6 Å². The average Bonchev–Trinajstić information content (AvgIpc) is 3.25. The van der Waals surface area contributed by atoms with Crippen molar-refractivity contribution in [3.05, 3.63) is 96.4 Å². The minimum Gasteiger partial charge on any atom is -0.494 e. The number of nitrogens with zero attached hydrogens (tertiary/aromatic N) is 2. The minimum absolute atomic E-state index is 0.281. The molecule has 0 bridgehead atoms. The number of anilines is 1. The second-order valence-electron chi connectivity index (χ2n) is 7.06. The van der Waals surface area contributed by atoms with Crippen molar-refractivity contribution in [3.63, 3.8) is 0 Å². The van der Waals surface area contributed by atoms with Gasteiger partial charge in [0.05, 0.1) is 18.0 Å². The molecule has 4 rings (SSSR count). The molecule has 0 unspecified atom stereocenters. The van der Waals surface area contributed by atoms with E-state index in [0.29, 0.717) is 18.3 Å². The summed E-state index contributed by atoms with van der Waals surface area (Å²) in [6.07, 6.45) is 1.96. The molecule has 0 radical (unpaired) electrons. The second-order valence-corrected chi connectivity index (χ2v) is 7.46. The van der Waals surface area contributed by atoms with Crippen molar-refractivity contribution in [1.29, 1.82) is 0 Å². The van der Waals surface area contributed by atoms with Gasteiger partial charge in [0.2, 0.25) is 0 Å². The molecule has 0 saturated heterocycles. The molecule has 0 fully saturated rings. The Morgan fingerprint density at radius 1 is 1.00 bits per heavy atom. The van der Waals surface area contributed by atoms with Crippen LogP contribution in [0, 0.1) is 5.82 Å². The molecule has 0 aliphatic heterocycles. The molecule has 32 heavy (non-hydrogen) atoms. The van der Waals surface area contributed by atoms with Crippen LogP contribution in [0.4, 0.5) is 10.1 Å². The van der Waals surface area contributed by atoms with Gasteiger partial charge in [0, 0.05) is 29.6 Å². The summed E-state index contributed by atoms with van der Waals surface area (Å²) in [7, 11) is 0. The molecule has 5 nitrogen and oxygen atoms in total. The van der Waals surface area contributed by atoms with Crippen molar-refractivity contribution >= 4 is 23.0 Å². The van der Waals surface area contributed by atoms with Crippen molar-refractivity contribution in [2.24, 2.45) is 0 Å². The van der Waals surface area contributed by atoms with Crippen LogP contribution in [0.2, 0.25) is 0 Å². The molecular weight excluding hydrogens is 423 g/mol. The van der Waals surface area contributed by atoms with E-state index in [4.69, 9.17) is 22.1 Å². The Labute approximate surface area is 191 Å². The van der Waals surface area contributed by atoms with Gasteiger partial charge in [0.15, 0.2) is 5.11 Å². The van der Waals surface area contributed by atoms with Gasteiger partial charge in [-0.3, -0.25) is 0 Å². The predicted molar refractivity (Wildman–Crippen MR) is 130 cm³/mol. The number of hydrogen-bond donors (Lipinski definition) is 2. The van der Waals surface area contributed by atoms with Gasteiger partial charge in [-0.15, -0.1) is 0 Å². The Hall–Kier alpha value is -3.71. The molecule has 0 saturated carbocycles. The minimum atomic E-state index is -0.281. The van der Waals surface area contributed by atoms with Crippen LogP contribution < -0.4 is 15.4 Å². The highest BCUT2D eigenvalue weighted by Gasteiger charge is 2.13. The Kier molecular flexibility index (Phi) is 6.77. The lowest BCUT2D eigenvalue weighted by atomic mass is 10.1. The summed E-state index contributed by atoms with van der Waals surface area (Å²) < 4.78 is 20.7. The van der Waals surface area contributed by atoms with Gasteiger partial charge in [-0.25, -0.2) is 9.07 Å². The zero-order valence-corrected chi connectivity index (χ0v) is 18.4. The summed E-state index contributed by atoms with van der Waals surface area (Å²) >= 11 is 5.47. The Morgan fingerprint density at radius 3 is 2.41 bits per heavy atom. The van der Waals surface area contributed by atoms with Crippen LogP contribution in [0.3, 0.4) is 0 Å². The van der Waals surface area contributed by atoms with Crippen LogP contribution in [0.1, 0.15) is 12.5 Å². The molecule has 1 aromatic heterocycles. The van der Waals surface area contributed by atoms with Crippen LogP contribution in [0.5, 0.6) is 5.75 Å². The van der Waals surface area contributed by atoms with Gasteiger partial charge in [0.25, 0.3) is 0 Å². The maximum Gasteiger partial charge on any atom is 0.171 e. The maximum absolute atomic E-state index is 13.4. The molecule has 0 aliphatic rings. The zero-order valence-electron chi connectivity index (χ0n) is 17.6. The molecule has 1 heterocycles. The number of rotatable bonds is 7. The fourth-order valence-electron chi connectivity index (χ4n) is 3.25. The molecule has 0 spiro atoms. The lowest BCUT2D eigenvalue weighted by Gasteiger charge is -2.11. The molecular formula is C25H23FN4OS. The second kappa shape index (κ2) is 10.1. The monoisotopic (exact) mass is 446 g/mol. The third kappa shape index (κ3) is 5.31. The van der Waals surface area contributed by atoms with Gasteiger partial charge >= 0.3 is 0 Å². The van der Waals surface area contributed by atoms with Crippen LogP contribution in [0.25, 0.3) is 16.9 Å². The first kappa shape index (κ1) is 21.5. The third-order valence-corrected chi connectivity index (χ3v) is 5.04. The number of thiocarbonyl (C=S) groups is 1. The smallest absolute Gasteiger partial charge is 0.171 e. The quantitative estimate of drug-likeness (QED) is 0.364. The topological polar surface area (TPSA) is 51.1 Å². The summed E-state index contributed by atoms with van der Waals surface area (Å²) in [5, 5.41) is 11.6. The lowest BCUT2D eigenvalue weighted by molar-refractivity contribution is 0.340. The summed E-state index contributed by atoms with van der Waals surface area (Å²) in [5.41, 5.74) is 4.35. The number of halogens is 1. The van der Waals surface area contributed by atoms with Crippen LogP contribution >= 0.6 is 12.2 Å². The highest BCUT2D eigenvalue weighted by Crippen LogP contribution is 2.24. The van der Waals surface area contributed by atoms with Gasteiger partial charge in [-0.2, -0.15) is 5.10 Å². The van der Waals surface area contributed by atoms with E-state index in [-0.39, 0.29) is 5.82 Å².